The lowest BCUT2D eigenvalue weighted by Crippen LogP contribution is -2.34. The van der Waals surface area contributed by atoms with Gasteiger partial charge < -0.3 is 10.1 Å². The molecule has 0 bridgehead atoms. The maximum atomic E-state index is 12.7. The summed E-state index contributed by atoms with van der Waals surface area (Å²) in [5.74, 6) is -0.135. The van der Waals surface area contributed by atoms with Crippen LogP contribution in [0.4, 0.5) is 11.4 Å². The normalized spacial score (nSPS) is 10.9. The van der Waals surface area contributed by atoms with Gasteiger partial charge in [-0.2, -0.15) is 0 Å². The highest BCUT2D eigenvalue weighted by molar-refractivity contribution is 7.92. The first kappa shape index (κ1) is 24.3. The molecule has 2 radical (unpaired) electrons. The van der Waals surface area contributed by atoms with Crippen molar-refractivity contribution in [1.29, 1.82) is 0 Å². The lowest BCUT2D eigenvalue weighted by atomic mass is 9.94. The highest BCUT2D eigenvalue weighted by atomic mass is 32.2. The molecule has 0 spiro atoms. The van der Waals surface area contributed by atoms with Crippen LogP contribution in [0, 0.1) is 13.8 Å². The van der Waals surface area contributed by atoms with Gasteiger partial charge in [-0.05, 0) is 79.7 Å². The van der Waals surface area contributed by atoms with E-state index in [4.69, 9.17) is 24.8 Å². The number of ether oxygens (including phenoxy) is 1. The minimum Gasteiger partial charge on any atom is -0.496 e. The number of hydrogen-bond acceptors (Lipinski definition) is 5. The SMILES string of the molecule is [B]c1ccc(OC)c(C(=O)NC(=S)Nc2ccc(S(=O)(=O)Nc3ccc(C)c(C)c3)cc2)c1. The number of thiocarbonyl (C=S) groups is 1. The van der Waals surface area contributed by atoms with E-state index in [1.165, 1.54) is 25.3 Å². The Kier molecular flexibility index (Phi) is 7.40. The van der Waals surface area contributed by atoms with E-state index in [0.29, 0.717) is 22.6 Å². The van der Waals surface area contributed by atoms with Gasteiger partial charge in [0.25, 0.3) is 15.9 Å². The molecular weight excluding hydrogens is 457 g/mol. The number of sulfonamides is 1. The fourth-order valence-electron chi connectivity index (χ4n) is 2.97. The molecule has 0 unspecified atom stereocenters. The van der Waals surface area contributed by atoms with Crippen LogP contribution >= 0.6 is 12.2 Å². The Bertz CT molecular complexity index is 1310. The zero-order chi connectivity index (χ0) is 24.2. The second-order valence-electron chi connectivity index (χ2n) is 7.30. The molecule has 0 heterocycles. The monoisotopic (exact) mass is 479 g/mol. The molecule has 0 fully saturated rings. The Morgan fingerprint density at radius 2 is 1.61 bits per heavy atom. The highest BCUT2D eigenvalue weighted by Crippen LogP contribution is 2.21. The van der Waals surface area contributed by atoms with E-state index in [-0.39, 0.29) is 15.6 Å². The number of nitrogens with one attached hydrogen (secondary N) is 3. The summed E-state index contributed by atoms with van der Waals surface area (Å²) in [6.45, 7) is 3.87. The van der Waals surface area contributed by atoms with Gasteiger partial charge in [-0.3, -0.25) is 14.8 Å². The summed E-state index contributed by atoms with van der Waals surface area (Å²) in [5.41, 5.74) is 3.70. The van der Waals surface area contributed by atoms with E-state index in [0.717, 1.165) is 11.1 Å². The van der Waals surface area contributed by atoms with Crippen molar-refractivity contribution in [2.45, 2.75) is 18.7 Å². The topological polar surface area (TPSA) is 96.5 Å². The molecule has 3 aromatic rings. The lowest BCUT2D eigenvalue weighted by molar-refractivity contribution is 0.0975. The summed E-state index contributed by atoms with van der Waals surface area (Å²) in [6.07, 6.45) is 0. The number of hydrogen-bond donors (Lipinski definition) is 3. The highest BCUT2D eigenvalue weighted by Gasteiger charge is 2.16. The molecule has 3 rings (SSSR count). The fourth-order valence-corrected chi connectivity index (χ4v) is 4.23. The maximum absolute atomic E-state index is 12.7. The summed E-state index contributed by atoms with van der Waals surface area (Å²) in [7, 11) is 3.43. The van der Waals surface area contributed by atoms with Crippen molar-refractivity contribution in [3.05, 3.63) is 77.4 Å². The zero-order valence-corrected chi connectivity index (χ0v) is 19.9. The van der Waals surface area contributed by atoms with Gasteiger partial charge in [0.1, 0.15) is 13.6 Å². The van der Waals surface area contributed by atoms with E-state index < -0.39 is 15.9 Å². The molecular formula is C23H22BN3O4S2. The minimum atomic E-state index is -3.76. The third-order valence-corrected chi connectivity index (χ3v) is 6.48. The first-order valence-electron chi connectivity index (χ1n) is 9.85. The van der Waals surface area contributed by atoms with Crippen LogP contribution in [0.5, 0.6) is 5.75 Å². The molecule has 3 aromatic carbocycles. The van der Waals surface area contributed by atoms with Crippen molar-refractivity contribution in [1.82, 2.24) is 5.32 Å². The average Bonchev–Trinajstić information content (AvgIpc) is 2.76. The van der Waals surface area contributed by atoms with Crippen LogP contribution in [0.1, 0.15) is 21.5 Å². The van der Waals surface area contributed by atoms with Crippen molar-refractivity contribution in [3.8, 4) is 5.75 Å². The van der Waals surface area contributed by atoms with Gasteiger partial charge in [-0.1, -0.05) is 23.7 Å². The predicted molar refractivity (Wildman–Crippen MR) is 135 cm³/mol. The summed E-state index contributed by atoms with van der Waals surface area (Å²) >= 11 is 5.19. The van der Waals surface area contributed by atoms with Gasteiger partial charge in [0.2, 0.25) is 0 Å². The van der Waals surface area contributed by atoms with Gasteiger partial charge in [-0.15, -0.1) is 0 Å². The molecule has 0 aromatic heterocycles. The van der Waals surface area contributed by atoms with Crippen LogP contribution in [-0.4, -0.2) is 34.4 Å². The number of anilines is 2. The van der Waals surface area contributed by atoms with Crippen LogP contribution in [-0.2, 0) is 10.0 Å². The van der Waals surface area contributed by atoms with Crippen molar-refractivity contribution >= 4 is 57.9 Å². The molecule has 0 saturated heterocycles. The summed E-state index contributed by atoms with van der Waals surface area (Å²) in [6, 6.07) is 16.0. The molecule has 0 saturated carbocycles. The number of carbonyl (C=O) groups is 1. The number of rotatable bonds is 6. The number of carbonyl (C=O) groups excluding carboxylic acids is 1. The Labute approximate surface area is 200 Å². The zero-order valence-electron chi connectivity index (χ0n) is 18.3. The fraction of sp³-hybridized carbons (Fsp3) is 0.130. The molecule has 0 aliphatic carbocycles. The molecule has 7 nitrogen and oxygen atoms in total. The first-order chi connectivity index (χ1) is 15.6. The van der Waals surface area contributed by atoms with Gasteiger partial charge in [0.15, 0.2) is 5.11 Å². The van der Waals surface area contributed by atoms with E-state index in [1.807, 2.05) is 19.9 Å². The largest absolute Gasteiger partial charge is 0.496 e. The minimum absolute atomic E-state index is 0.0355. The van der Waals surface area contributed by atoms with Crippen LogP contribution in [0.2, 0.25) is 0 Å². The van der Waals surface area contributed by atoms with E-state index in [9.17, 15) is 13.2 Å². The molecule has 0 aliphatic rings. The van der Waals surface area contributed by atoms with Crippen molar-refractivity contribution in [3.63, 3.8) is 0 Å². The van der Waals surface area contributed by atoms with Crippen molar-refractivity contribution in [2.24, 2.45) is 0 Å². The van der Waals surface area contributed by atoms with Gasteiger partial charge in [-0.25, -0.2) is 8.42 Å². The van der Waals surface area contributed by atoms with Crippen LogP contribution in [0.15, 0.2) is 65.6 Å². The van der Waals surface area contributed by atoms with E-state index in [2.05, 4.69) is 15.4 Å². The lowest BCUT2D eigenvalue weighted by Gasteiger charge is -2.13. The first-order valence-corrected chi connectivity index (χ1v) is 11.7. The smallest absolute Gasteiger partial charge is 0.261 e. The number of methoxy groups -OCH3 is 1. The van der Waals surface area contributed by atoms with Gasteiger partial charge in [0.05, 0.1) is 17.6 Å². The molecule has 0 atom stereocenters. The molecule has 168 valence electrons. The summed E-state index contributed by atoms with van der Waals surface area (Å²) in [5, 5.41) is 5.43. The maximum Gasteiger partial charge on any atom is 0.261 e. The summed E-state index contributed by atoms with van der Waals surface area (Å²) in [4.78, 5) is 12.6. The second kappa shape index (κ2) is 10.1. The molecule has 3 N–H and O–H groups in total. The Morgan fingerprint density at radius 3 is 2.24 bits per heavy atom. The van der Waals surface area contributed by atoms with Crippen molar-refractivity contribution < 1.29 is 17.9 Å². The van der Waals surface area contributed by atoms with Gasteiger partial charge in [0, 0.05) is 11.4 Å². The van der Waals surface area contributed by atoms with Crippen LogP contribution < -0.4 is 25.6 Å². The Hall–Kier alpha value is -3.37. The van der Waals surface area contributed by atoms with Crippen LogP contribution in [0.25, 0.3) is 0 Å². The Morgan fingerprint density at radius 1 is 0.939 bits per heavy atom. The van der Waals surface area contributed by atoms with Gasteiger partial charge >= 0.3 is 0 Å². The molecule has 10 heteroatoms. The molecule has 0 aliphatic heterocycles. The predicted octanol–water partition coefficient (Wildman–Crippen LogP) is 3.03. The number of amides is 1. The average molecular weight is 479 g/mol. The quantitative estimate of drug-likeness (QED) is 0.372. The van der Waals surface area contributed by atoms with E-state index >= 15 is 0 Å². The Balaban J connectivity index is 1.66. The number of aryl methyl sites for hydroxylation is 2. The van der Waals surface area contributed by atoms with E-state index in [1.54, 1.807) is 36.4 Å². The van der Waals surface area contributed by atoms with Crippen molar-refractivity contribution in [2.75, 3.05) is 17.1 Å². The summed E-state index contributed by atoms with van der Waals surface area (Å²) < 4.78 is 33.1. The molecule has 1 amide bonds. The second-order valence-corrected chi connectivity index (χ2v) is 9.39. The third kappa shape index (κ3) is 6.12. The van der Waals surface area contributed by atoms with Crippen LogP contribution in [0.3, 0.4) is 0 Å². The standard InChI is InChI=1S/C23H22BN3O4S2/c1-14-4-6-18(12-15(14)2)27-33(29,30)19-9-7-17(8-10-19)25-23(32)26-22(28)20-13-16(24)5-11-21(20)31-3/h4-13,27H,1-3H3,(H2,25,26,28,32). The third-order valence-electron chi connectivity index (χ3n) is 4.88. The number of benzene rings is 3. The molecule has 33 heavy (non-hydrogen) atoms.